The summed E-state index contributed by atoms with van der Waals surface area (Å²) < 4.78 is 12.5. The van der Waals surface area contributed by atoms with Gasteiger partial charge in [-0.1, -0.05) is 0 Å². The fourth-order valence-electron chi connectivity index (χ4n) is 3.23. The summed E-state index contributed by atoms with van der Waals surface area (Å²) in [7, 11) is 0. The summed E-state index contributed by atoms with van der Waals surface area (Å²) in [5, 5.41) is 0. The van der Waals surface area contributed by atoms with Crippen LogP contribution in [0.5, 0.6) is 5.75 Å². The number of ether oxygens (including phenoxy) is 2. The second-order valence-corrected chi connectivity index (χ2v) is 9.39. The smallest absolute Gasteiger partial charge is 0.410 e. The van der Waals surface area contributed by atoms with Crippen LogP contribution < -0.4 is 4.74 Å². The predicted octanol–water partition coefficient (Wildman–Crippen LogP) is 5.30. The molecule has 1 unspecified atom stereocenters. The molecule has 0 N–H and O–H groups in total. The van der Waals surface area contributed by atoms with Crippen molar-refractivity contribution in [3.8, 4) is 5.75 Å². The first-order chi connectivity index (χ1) is 13.7. The minimum absolute atomic E-state index is 0.00190. The Bertz CT molecular complexity index is 856. The molecule has 29 heavy (non-hydrogen) atoms. The number of likely N-dealkylation sites (tertiary alicyclic amines) is 1. The fraction of sp³-hybridized carbons (Fsp3) is 0.391. The van der Waals surface area contributed by atoms with Crippen molar-refractivity contribution in [1.82, 2.24) is 4.90 Å². The lowest BCUT2D eigenvalue weighted by Gasteiger charge is -2.28. The Morgan fingerprint density at radius 3 is 2.21 bits per heavy atom. The SMILES string of the molecule is CC(C)(C)OC(=O)N1CCCC1COc1ccc(C(=O)c2ccc(I)cc2)cc1. The zero-order chi connectivity index (χ0) is 21.0. The average molecular weight is 507 g/mol. The molecule has 0 radical (unpaired) electrons. The summed E-state index contributed by atoms with van der Waals surface area (Å²) >= 11 is 2.22. The van der Waals surface area contributed by atoms with Gasteiger partial charge in [0.15, 0.2) is 5.78 Å². The zero-order valence-electron chi connectivity index (χ0n) is 17.0. The standard InChI is InChI=1S/C23H26INO4/c1-23(2,3)29-22(27)25-14-4-5-19(25)15-28-20-12-8-17(9-13-20)21(26)16-6-10-18(24)11-7-16/h6-13,19H,4-5,14-15H2,1-3H3. The lowest BCUT2D eigenvalue weighted by atomic mass is 10.0. The van der Waals surface area contributed by atoms with Gasteiger partial charge in [0.05, 0.1) is 6.04 Å². The van der Waals surface area contributed by atoms with E-state index >= 15 is 0 Å². The van der Waals surface area contributed by atoms with Crippen LogP contribution in [0, 0.1) is 3.57 Å². The Morgan fingerprint density at radius 1 is 1.03 bits per heavy atom. The molecule has 3 rings (SSSR count). The molecule has 2 aromatic carbocycles. The van der Waals surface area contributed by atoms with Crippen molar-refractivity contribution in [3.05, 3.63) is 63.2 Å². The van der Waals surface area contributed by atoms with Crippen LogP contribution in [-0.4, -0.2) is 41.6 Å². The Labute approximate surface area is 185 Å². The molecule has 1 atom stereocenters. The zero-order valence-corrected chi connectivity index (χ0v) is 19.1. The molecule has 0 aromatic heterocycles. The average Bonchev–Trinajstić information content (AvgIpc) is 3.14. The third-order valence-corrected chi connectivity index (χ3v) is 5.39. The molecular formula is C23H26INO4. The summed E-state index contributed by atoms with van der Waals surface area (Å²) in [6.45, 7) is 6.69. The van der Waals surface area contributed by atoms with Gasteiger partial charge in [-0.3, -0.25) is 4.79 Å². The van der Waals surface area contributed by atoms with Gasteiger partial charge in [-0.25, -0.2) is 4.79 Å². The third-order valence-electron chi connectivity index (χ3n) is 4.67. The number of carbonyl (C=O) groups excluding carboxylic acids is 2. The molecule has 1 heterocycles. The van der Waals surface area contributed by atoms with Crippen molar-refractivity contribution in [1.29, 1.82) is 0 Å². The van der Waals surface area contributed by atoms with Crippen LogP contribution in [-0.2, 0) is 4.74 Å². The number of hydrogen-bond acceptors (Lipinski definition) is 4. The Hall–Kier alpha value is -2.09. The molecule has 0 saturated carbocycles. The maximum atomic E-state index is 12.6. The summed E-state index contributed by atoms with van der Waals surface area (Å²) in [5.74, 6) is 0.667. The second kappa shape index (κ2) is 9.15. The van der Waals surface area contributed by atoms with Crippen molar-refractivity contribution < 1.29 is 19.1 Å². The molecular weight excluding hydrogens is 481 g/mol. The van der Waals surface area contributed by atoms with E-state index in [9.17, 15) is 9.59 Å². The quantitative estimate of drug-likeness (QED) is 0.407. The Morgan fingerprint density at radius 2 is 1.62 bits per heavy atom. The van der Waals surface area contributed by atoms with Crippen molar-refractivity contribution in [2.45, 2.75) is 45.3 Å². The van der Waals surface area contributed by atoms with Gasteiger partial charge in [-0.2, -0.15) is 0 Å². The minimum Gasteiger partial charge on any atom is -0.491 e. The van der Waals surface area contributed by atoms with Crippen LogP contribution in [0.25, 0.3) is 0 Å². The molecule has 2 aromatic rings. The van der Waals surface area contributed by atoms with Crippen molar-refractivity contribution >= 4 is 34.5 Å². The van der Waals surface area contributed by atoms with Gasteiger partial charge < -0.3 is 14.4 Å². The molecule has 1 fully saturated rings. The number of rotatable bonds is 5. The van der Waals surface area contributed by atoms with E-state index in [2.05, 4.69) is 22.6 Å². The number of halogens is 1. The monoisotopic (exact) mass is 507 g/mol. The highest BCUT2D eigenvalue weighted by molar-refractivity contribution is 14.1. The van der Waals surface area contributed by atoms with E-state index in [-0.39, 0.29) is 17.9 Å². The third kappa shape index (κ3) is 5.95. The first kappa shape index (κ1) is 21.6. The van der Waals surface area contributed by atoms with E-state index in [1.54, 1.807) is 29.2 Å². The van der Waals surface area contributed by atoms with Crippen LogP contribution in [0.3, 0.4) is 0 Å². The highest BCUT2D eigenvalue weighted by atomic mass is 127. The molecule has 0 aliphatic carbocycles. The number of ketones is 1. The molecule has 1 amide bonds. The van der Waals surface area contributed by atoms with Gasteiger partial charge in [-0.15, -0.1) is 0 Å². The molecule has 1 aliphatic heterocycles. The van der Waals surface area contributed by atoms with E-state index in [0.29, 0.717) is 30.0 Å². The first-order valence-corrected chi connectivity index (χ1v) is 10.8. The number of nitrogens with zero attached hydrogens (tertiary/aromatic N) is 1. The largest absolute Gasteiger partial charge is 0.491 e. The summed E-state index contributed by atoms with van der Waals surface area (Å²) in [6, 6.07) is 14.6. The normalized spacial score (nSPS) is 16.6. The van der Waals surface area contributed by atoms with Crippen LogP contribution in [0.15, 0.2) is 48.5 Å². The van der Waals surface area contributed by atoms with Gasteiger partial charge in [-0.05, 0) is 105 Å². The van der Waals surface area contributed by atoms with E-state index in [1.165, 1.54) is 0 Å². The maximum absolute atomic E-state index is 12.6. The maximum Gasteiger partial charge on any atom is 0.410 e. The fourth-order valence-corrected chi connectivity index (χ4v) is 3.59. The van der Waals surface area contributed by atoms with Gasteiger partial charge in [0.2, 0.25) is 0 Å². The highest BCUT2D eigenvalue weighted by Gasteiger charge is 2.32. The van der Waals surface area contributed by atoms with Crippen LogP contribution in [0.2, 0.25) is 0 Å². The first-order valence-electron chi connectivity index (χ1n) is 9.76. The number of carbonyl (C=O) groups is 2. The van der Waals surface area contributed by atoms with Crippen LogP contribution in [0.4, 0.5) is 4.79 Å². The van der Waals surface area contributed by atoms with Crippen LogP contribution in [0.1, 0.15) is 49.5 Å². The van der Waals surface area contributed by atoms with Crippen LogP contribution >= 0.6 is 22.6 Å². The van der Waals surface area contributed by atoms with E-state index < -0.39 is 5.60 Å². The van der Waals surface area contributed by atoms with Gasteiger partial charge in [0.25, 0.3) is 0 Å². The predicted molar refractivity (Wildman–Crippen MR) is 120 cm³/mol. The summed E-state index contributed by atoms with van der Waals surface area (Å²) in [6.07, 6.45) is 1.54. The Balaban J connectivity index is 1.58. The molecule has 154 valence electrons. The summed E-state index contributed by atoms with van der Waals surface area (Å²) in [4.78, 5) is 26.7. The van der Waals surface area contributed by atoms with Gasteiger partial charge >= 0.3 is 6.09 Å². The van der Waals surface area contributed by atoms with E-state index in [4.69, 9.17) is 9.47 Å². The number of hydrogen-bond donors (Lipinski definition) is 0. The molecule has 0 spiro atoms. The number of benzene rings is 2. The molecule has 1 aliphatic rings. The van der Waals surface area contributed by atoms with Crippen molar-refractivity contribution in [2.24, 2.45) is 0 Å². The van der Waals surface area contributed by atoms with Crippen molar-refractivity contribution in [2.75, 3.05) is 13.2 Å². The number of amides is 1. The van der Waals surface area contributed by atoms with E-state index in [0.717, 1.165) is 16.4 Å². The lowest BCUT2D eigenvalue weighted by molar-refractivity contribution is 0.0187. The topological polar surface area (TPSA) is 55.8 Å². The highest BCUT2D eigenvalue weighted by Crippen LogP contribution is 2.23. The van der Waals surface area contributed by atoms with Crippen molar-refractivity contribution in [3.63, 3.8) is 0 Å². The second-order valence-electron chi connectivity index (χ2n) is 8.14. The molecule has 0 bridgehead atoms. The minimum atomic E-state index is -0.509. The lowest BCUT2D eigenvalue weighted by Crippen LogP contribution is -2.42. The molecule has 6 heteroatoms. The summed E-state index contributed by atoms with van der Waals surface area (Å²) in [5.41, 5.74) is 0.776. The Kier molecular flexibility index (Phi) is 6.82. The van der Waals surface area contributed by atoms with Gasteiger partial charge in [0, 0.05) is 21.2 Å². The van der Waals surface area contributed by atoms with Gasteiger partial charge in [0.1, 0.15) is 18.0 Å². The molecule has 5 nitrogen and oxygen atoms in total. The van der Waals surface area contributed by atoms with E-state index in [1.807, 2.05) is 45.0 Å². The molecule has 1 saturated heterocycles.